The largest absolute Gasteiger partial charge is 0.465 e. The van der Waals surface area contributed by atoms with Crippen molar-refractivity contribution in [2.75, 3.05) is 7.11 Å². The van der Waals surface area contributed by atoms with Crippen LogP contribution in [0.3, 0.4) is 0 Å². The molecule has 0 aliphatic heterocycles. The summed E-state index contributed by atoms with van der Waals surface area (Å²) >= 11 is 0. The van der Waals surface area contributed by atoms with Crippen molar-refractivity contribution < 1.29 is 14.3 Å². The summed E-state index contributed by atoms with van der Waals surface area (Å²) in [6.07, 6.45) is 1.76. The van der Waals surface area contributed by atoms with Crippen LogP contribution in [0.2, 0.25) is 0 Å². The van der Waals surface area contributed by atoms with E-state index in [2.05, 4.69) is 0 Å². The molecule has 20 heavy (non-hydrogen) atoms. The highest BCUT2D eigenvalue weighted by Gasteiger charge is 2.18. The molecule has 100 valence electrons. The number of carbonyl (C=O) groups is 2. The summed E-state index contributed by atoms with van der Waals surface area (Å²) in [6.45, 7) is 1.52. The predicted octanol–water partition coefficient (Wildman–Crippen LogP) is 3.08. The Morgan fingerprint density at radius 2 is 1.80 bits per heavy atom. The molecule has 0 atom stereocenters. The molecule has 0 spiro atoms. The van der Waals surface area contributed by atoms with Gasteiger partial charge in [-0.05, 0) is 25.1 Å². The molecule has 0 radical (unpaired) electrons. The average molecular weight is 267 g/mol. The van der Waals surface area contributed by atoms with Gasteiger partial charge in [0, 0.05) is 17.1 Å². The fraction of sp³-hybridized carbons (Fsp3) is 0.125. The Bertz CT molecular complexity index is 845. The molecule has 1 aromatic carbocycles. The van der Waals surface area contributed by atoms with Gasteiger partial charge in [0.1, 0.15) is 0 Å². The van der Waals surface area contributed by atoms with Crippen molar-refractivity contribution in [3.63, 3.8) is 0 Å². The molecule has 0 aliphatic carbocycles. The van der Waals surface area contributed by atoms with Gasteiger partial charge in [-0.3, -0.25) is 4.79 Å². The number of methoxy groups -OCH3 is 1. The van der Waals surface area contributed by atoms with Crippen molar-refractivity contribution in [1.29, 1.82) is 0 Å². The number of esters is 1. The van der Waals surface area contributed by atoms with Crippen molar-refractivity contribution >= 4 is 28.2 Å². The van der Waals surface area contributed by atoms with Crippen LogP contribution in [0.15, 0.2) is 42.6 Å². The summed E-state index contributed by atoms with van der Waals surface area (Å²) in [4.78, 5) is 23.5. The van der Waals surface area contributed by atoms with Crippen LogP contribution in [0, 0.1) is 0 Å². The van der Waals surface area contributed by atoms with Crippen molar-refractivity contribution in [3.05, 3.63) is 53.7 Å². The van der Waals surface area contributed by atoms with Crippen LogP contribution < -0.4 is 0 Å². The molecular weight excluding hydrogens is 254 g/mol. The molecular formula is C16H13NO3. The van der Waals surface area contributed by atoms with E-state index < -0.39 is 0 Å². The van der Waals surface area contributed by atoms with E-state index in [1.807, 2.05) is 28.7 Å². The van der Waals surface area contributed by atoms with Gasteiger partial charge in [0.25, 0.3) is 0 Å². The Balaban J connectivity index is 2.47. The quantitative estimate of drug-likeness (QED) is 0.529. The lowest BCUT2D eigenvalue weighted by atomic mass is 10.1. The van der Waals surface area contributed by atoms with E-state index in [4.69, 9.17) is 4.74 Å². The van der Waals surface area contributed by atoms with Gasteiger partial charge in [0.05, 0.1) is 23.7 Å². The van der Waals surface area contributed by atoms with Crippen LogP contribution >= 0.6 is 0 Å². The number of pyridine rings is 1. The van der Waals surface area contributed by atoms with Crippen LogP contribution in [0.1, 0.15) is 27.6 Å². The molecule has 3 aromatic rings. The fourth-order valence-corrected chi connectivity index (χ4v) is 2.46. The minimum Gasteiger partial charge on any atom is -0.465 e. The number of fused-ring (bicyclic) bond motifs is 3. The van der Waals surface area contributed by atoms with Crippen LogP contribution in [0.25, 0.3) is 16.4 Å². The highest BCUT2D eigenvalue weighted by molar-refractivity contribution is 6.12. The fourth-order valence-electron chi connectivity index (χ4n) is 2.46. The first kappa shape index (κ1) is 12.4. The van der Waals surface area contributed by atoms with Gasteiger partial charge in [-0.15, -0.1) is 0 Å². The second-order valence-electron chi connectivity index (χ2n) is 4.61. The minimum atomic E-state index is -0.376. The first-order chi connectivity index (χ1) is 9.63. The first-order valence-electron chi connectivity index (χ1n) is 6.25. The third-order valence-electron chi connectivity index (χ3n) is 3.43. The number of aromatic nitrogens is 1. The molecule has 0 unspecified atom stereocenters. The number of ether oxygens (including phenoxy) is 1. The second-order valence-corrected chi connectivity index (χ2v) is 4.61. The Labute approximate surface area is 115 Å². The Kier molecular flexibility index (Phi) is 2.79. The van der Waals surface area contributed by atoms with Crippen LogP contribution in [0.4, 0.5) is 0 Å². The summed E-state index contributed by atoms with van der Waals surface area (Å²) in [6, 6.07) is 11.1. The number of hydrogen-bond donors (Lipinski definition) is 0. The van der Waals surface area contributed by atoms with Gasteiger partial charge in [0.15, 0.2) is 5.78 Å². The highest BCUT2D eigenvalue weighted by Crippen LogP contribution is 2.27. The van der Waals surface area contributed by atoms with Gasteiger partial charge in [0.2, 0.25) is 0 Å². The summed E-state index contributed by atoms with van der Waals surface area (Å²) in [5, 5.41) is 0.819. The number of Topliss-reactive ketones (excluding diaryl/α,β-unsaturated/α-hetero) is 1. The third-order valence-corrected chi connectivity index (χ3v) is 3.43. The van der Waals surface area contributed by atoms with Crippen molar-refractivity contribution in [2.24, 2.45) is 0 Å². The van der Waals surface area contributed by atoms with Crippen molar-refractivity contribution in [3.8, 4) is 0 Å². The predicted molar refractivity (Wildman–Crippen MR) is 76.2 cm³/mol. The molecule has 0 aliphatic rings. The zero-order chi connectivity index (χ0) is 14.3. The standard InChI is InChI=1S/C16H13NO3/c1-10(18)11-7-8-14-15(16(19)20-2)12-5-3-4-6-13(12)17(14)9-11/h3-9H,1-2H3. The number of ketones is 1. The number of carbonyl (C=O) groups excluding carboxylic acids is 2. The summed E-state index contributed by atoms with van der Waals surface area (Å²) < 4.78 is 6.73. The van der Waals surface area contributed by atoms with Crippen LogP contribution in [-0.2, 0) is 4.74 Å². The maximum Gasteiger partial charge on any atom is 0.340 e. The van der Waals surface area contributed by atoms with Gasteiger partial charge >= 0.3 is 5.97 Å². The van der Waals surface area contributed by atoms with Gasteiger partial charge in [-0.2, -0.15) is 0 Å². The molecule has 4 nitrogen and oxygen atoms in total. The molecule has 2 aromatic heterocycles. The van der Waals surface area contributed by atoms with E-state index in [1.165, 1.54) is 14.0 Å². The number of hydrogen-bond acceptors (Lipinski definition) is 3. The normalized spacial score (nSPS) is 10.9. The molecule has 0 bridgehead atoms. The van der Waals surface area contributed by atoms with Crippen molar-refractivity contribution in [1.82, 2.24) is 4.40 Å². The first-order valence-corrected chi connectivity index (χ1v) is 6.25. The van der Waals surface area contributed by atoms with E-state index in [1.54, 1.807) is 18.3 Å². The van der Waals surface area contributed by atoms with Crippen molar-refractivity contribution in [2.45, 2.75) is 6.92 Å². The molecule has 0 N–H and O–H groups in total. The van der Waals surface area contributed by atoms with E-state index >= 15 is 0 Å². The monoisotopic (exact) mass is 267 g/mol. The number of nitrogens with zero attached hydrogens (tertiary/aromatic N) is 1. The molecule has 2 heterocycles. The SMILES string of the molecule is COC(=O)c1c2ccccc2n2cc(C(C)=O)ccc12. The number of para-hydroxylation sites is 1. The smallest absolute Gasteiger partial charge is 0.340 e. The topological polar surface area (TPSA) is 47.8 Å². The molecule has 0 fully saturated rings. The molecule has 0 amide bonds. The van der Waals surface area contributed by atoms with E-state index in [0.717, 1.165) is 16.4 Å². The lowest BCUT2D eigenvalue weighted by Gasteiger charge is -2.01. The zero-order valence-electron chi connectivity index (χ0n) is 11.2. The van der Waals surface area contributed by atoms with Gasteiger partial charge in [-0.25, -0.2) is 4.79 Å². The lowest BCUT2D eigenvalue weighted by molar-refractivity contribution is 0.0605. The maximum atomic E-state index is 12.0. The van der Waals surface area contributed by atoms with E-state index in [0.29, 0.717) is 11.1 Å². The van der Waals surface area contributed by atoms with Crippen LogP contribution in [-0.4, -0.2) is 23.3 Å². The Morgan fingerprint density at radius 1 is 1.05 bits per heavy atom. The number of rotatable bonds is 2. The van der Waals surface area contributed by atoms with E-state index in [9.17, 15) is 9.59 Å². The second kappa shape index (κ2) is 4.49. The van der Waals surface area contributed by atoms with Crippen LogP contribution in [0.5, 0.6) is 0 Å². The zero-order valence-corrected chi connectivity index (χ0v) is 11.2. The molecule has 4 heteroatoms. The summed E-state index contributed by atoms with van der Waals surface area (Å²) in [7, 11) is 1.37. The van der Waals surface area contributed by atoms with Gasteiger partial charge in [-0.1, -0.05) is 18.2 Å². The van der Waals surface area contributed by atoms with Gasteiger partial charge < -0.3 is 9.14 Å². The highest BCUT2D eigenvalue weighted by atomic mass is 16.5. The minimum absolute atomic E-state index is 0.00991. The Hall–Kier alpha value is -2.62. The third kappa shape index (κ3) is 1.69. The molecule has 0 saturated heterocycles. The summed E-state index contributed by atoms with van der Waals surface area (Å²) in [5.74, 6) is -0.386. The Morgan fingerprint density at radius 3 is 2.50 bits per heavy atom. The average Bonchev–Trinajstić information content (AvgIpc) is 2.80. The lowest BCUT2D eigenvalue weighted by Crippen LogP contribution is -2.01. The number of benzene rings is 1. The maximum absolute atomic E-state index is 12.0. The van der Waals surface area contributed by atoms with E-state index in [-0.39, 0.29) is 11.8 Å². The molecule has 3 rings (SSSR count). The molecule has 0 saturated carbocycles. The summed E-state index contributed by atoms with van der Waals surface area (Å²) in [5.41, 5.74) is 2.75.